The zero-order valence-electron chi connectivity index (χ0n) is 9.90. The summed E-state index contributed by atoms with van der Waals surface area (Å²) in [5.41, 5.74) is 1.56. The second-order valence-electron chi connectivity index (χ2n) is 4.05. The van der Waals surface area contributed by atoms with Gasteiger partial charge in [-0.15, -0.1) is 0 Å². The van der Waals surface area contributed by atoms with Crippen LogP contribution in [0.5, 0.6) is 0 Å². The van der Waals surface area contributed by atoms with Gasteiger partial charge in [0.2, 0.25) is 0 Å². The predicted molar refractivity (Wildman–Crippen MR) is 68.7 cm³/mol. The maximum absolute atomic E-state index is 10.6. The first kappa shape index (κ1) is 13.0. The SMILES string of the molecule is CN(C)CCN(C)c1ccc(C=O)c(Cl)c1. The second-order valence-corrected chi connectivity index (χ2v) is 4.46. The van der Waals surface area contributed by atoms with Crippen molar-refractivity contribution in [3.8, 4) is 0 Å². The van der Waals surface area contributed by atoms with Gasteiger partial charge in [-0.1, -0.05) is 11.6 Å². The zero-order chi connectivity index (χ0) is 12.1. The molecule has 0 atom stereocenters. The van der Waals surface area contributed by atoms with Crippen LogP contribution < -0.4 is 4.90 Å². The van der Waals surface area contributed by atoms with E-state index in [0.29, 0.717) is 10.6 Å². The molecule has 0 aliphatic heterocycles. The van der Waals surface area contributed by atoms with Crippen molar-refractivity contribution in [1.82, 2.24) is 4.90 Å². The summed E-state index contributed by atoms with van der Waals surface area (Å²) in [6.07, 6.45) is 0.770. The van der Waals surface area contributed by atoms with Gasteiger partial charge in [0.05, 0.1) is 5.02 Å². The van der Waals surface area contributed by atoms with E-state index in [2.05, 4.69) is 9.80 Å². The minimum absolute atomic E-state index is 0.504. The third kappa shape index (κ3) is 3.51. The Hall–Kier alpha value is -1.06. The highest BCUT2D eigenvalue weighted by molar-refractivity contribution is 6.33. The fourth-order valence-corrected chi connectivity index (χ4v) is 1.55. The van der Waals surface area contributed by atoms with Crippen LogP contribution in [0.4, 0.5) is 5.69 Å². The van der Waals surface area contributed by atoms with Gasteiger partial charge in [-0.05, 0) is 32.3 Å². The van der Waals surface area contributed by atoms with Crippen molar-refractivity contribution < 1.29 is 4.79 Å². The van der Waals surface area contributed by atoms with Crippen LogP contribution in [0.2, 0.25) is 5.02 Å². The molecule has 0 aliphatic rings. The molecule has 0 spiro atoms. The monoisotopic (exact) mass is 240 g/mol. The molecule has 88 valence electrons. The van der Waals surface area contributed by atoms with E-state index >= 15 is 0 Å². The summed E-state index contributed by atoms with van der Waals surface area (Å²) >= 11 is 5.97. The molecule has 0 radical (unpaired) electrons. The lowest BCUT2D eigenvalue weighted by atomic mass is 10.2. The van der Waals surface area contributed by atoms with Gasteiger partial charge < -0.3 is 9.80 Å². The number of hydrogen-bond acceptors (Lipinski definition) is 3. The molecule has 1 rings (SSSR count). The molecule has 4 heteroatoms. The lowest BCUT2D eigenvalue weighted by Crippen LogP contribution is -2.28. The summed E-state index contributed by atoms with van der Waals surface area (Å²) in [5, 5.41) is 0.504. The van der Waals surface area contributed by atoms with Gasteiger partial charge in [-0.25, -0.2) is 0 Å². The number of hydrogen-bond donors (Lipinski definition) is 0. The number of benzene rings is 1. The molecule has 3 nitrogen and oxygen atoms in total. The molecule has 0 heterocycles. The van der Waals surface area contributed by atoms with Gasteiger partial charge >= 0.3 is 0 Å². The molecule has 1 aromatic carbocycles. The van der Waals surface area contributed by atoms with Crippen molar-refractivity contribution in [2.24, 2.45) is 0 Å². The summed E-state index contributed by atoms with van der Waals surface area (Å²) in [6, 6.07) is 5.48. The molecule has 0 saturated carbocycles. The zero-order valence-corrected chi connectivity index (χ0v) is 10.7. The van der Waals surface area contributed by atoms with Gasteiger partial charge in [0.15, 0.2) is 6.29 Å². The molecular weight excluding hydrogens is 224 g/mol. The van der Waals surface area contributed by atoms with E-state index in [4.69, 9.17) is 11.6 Å². The third-order valence-electron chi connectivity index (χ3n) is 2.43. The summed E-state index contributed by atoms with van der Waals surface area (Å²) < 4.78 is 0. The van der Waals surface area contributed by atoms with E-state index in [1.807, 2.05) is 33.3 Å². The summed E-state index contributed by atoms with van der Waals surface area (Å²) in [4.78, 5) is 14.9. The second kappa shape index (κ2) is 5.87. The Morgan fingerprint density at radius 3 is 2.44 bits per heavy atom. The average Bonchev–Trinajstić information content (AvgIpc) is 2.25. The van der Waals surface area contributed by atoms with Gasteiger partial charge in [0.25, 0.3) is 0 Å². The molecule has 1 aromatic rings. The quantitative estimate of drug-likeness (QED) is 0.737. The van der Waals surface area contributed by atoms with Crippen LogP contribution in [0.1, 0.15) is 10.4 Å². The molecule has 16 heavy (non-hydrogen) atoms. The van der Waals surface area contributed by atoms with Crippen molar-refractivity contribution in [3.05, 3.63) is 28.8 Å². The minimum atomic E-state index is 0.504. The summed E-state index contributed by atoms with van der Waals surface area (Å²) in [5.74, 6) is 0. The highest BCUT2D eigenvalue weighted by Gasteiger charge is 2.05. The van der Waals surface area contributed by atoms with Crippen LogP contribution in [0, 0.1) is 0 Å². The number of carbonyl (C=O) groups is 1. The number of aldehydes is 1. The smallest absolute Gasteiger partial charge is 0.151 e. The topological polar surface area (TPSA) is 23.6 Å². The van der Waals surface area contributed by atoms with E-state index in [-0.39, 0.29) is 0 Å². The standard InChI is InChI=1S/C12H17ClN2O/c1-14(2)6-7-15(3)11-5-4-10(9-16)12(13)8-11/h4-5,8-9H,6-7H2,1-3H3. The maximum Gasteiger partial charge on any atom is 0.151 e. The number of rotatable bonds is 5. The van der Waals surface area contributed by atoms with Crippen molar-refractivity contribution >= 4 is 23.6 Å². The van der Waals surface area contributed by atoms with Crippen LogP contribution in [-0.2, 0) is 0 Å². The molecular formula is C12H17ClN2O. The highest BCUT2D eigenvalue weighted by atomic mass is 35.5. The molecule has 0 N–H and O–H groups in total. The molecule has 0 aromatic heterocycles. The van der Waals surface area contributed by atoms with Crippen molar-refractivity contribution in [3.63, 3.8) is 0 Å². The Labute approximate surface area is 102 Å². The highest BCUT2D eigenvalue weighted by Crippen LogP contribution is 2.21. The normalized spacial score (nSPS) is 10.6. The largest absolute Gasteiger partial charge is 0.373 e. The minimum Gasteiger partial charge on any atom is -0.373 e. The third-order valence-corrected chi connectivity index (χ3v) is 2.76. The first-order valence-corrected chi connectivity index (χ1v) is 5.53. The number of nitrogens with zero attached hydrogens (tertiary/aromatic N) is 2. The molecule has 0 saturated heterocycles. The van der Waals surface area contributed by atoms with E-state index in [0.717, 1.165) is 25.1 Å². The van der Waals surface area contributed by atoms with Crippen molar-refractivity contribution in [2.75, 3.05) is 39.1 Å². The Balaban J connectivity index is 2.72. The van der Waals surface area contributed by atoms with Crippen molar-refractivity contribution in [1.29, 1.82) is 0 Å². The first-order chi connectivity index (χ1) is 7.54. The predicted octanol–water partition coefficient (Wildman–Crippen LogP) is 2.15. The number of carbonyl (C=O) groups excluding carboxylic acids is 1. The number of likely N-dealkylation sites (N-methyl/N-ethyl adjacent to an activating group) is 2. The lowest BCUT2D eigenvalue weighted by Gasteiger charge is -2.21. The fourth-order valence-electron chi connectivity index (χ4n) is 1.33. The van der Waals surface area contributed by atoms with Gasteiger partial charge in [0, 0.05) is 31.4 Å². The molecule has 0 aliphatic carbocycles. The van der Waals surface area contributed by atoms with E-state index in [1.165, 1.54) is 0 Å². The Bertz CT molecular complexity index is 366. The van der Waals surface area contributed by atoms with Crippen LogP contribution in [-0.4, -0.2) is 45.4 Å². The lowest BCUT2D eigenvalue weighted by molar-refractivity contribution is 0.112. The van der Waals surface area contributed by atoms with Gasteiger partial charge in [-0.2, -0.15) is 0 Å². The van der Waals surface area contributed by atoms with Crippen LogP contribution >= 0.6 is 11.6 Å². The first-order valence-electron chi connectivity index (χ1n) is 5.15. The maximum atomic E-state index is 10.6. The fraction of sp³-hybridized carbons (Fsp3) is 0.417. The van der Waals surface area contributed by atoms with E-state index in [1.54, 1.807) is 6.07 Å². The van der Waals surface area contributed by atoms with Gasteiger partial charge in [-0.3, -0.25) is 4.79 Å². The number of anilines is 1. The average molecular weight is 241 g/mol. The number of halogens is 1. The van der Waals surface area contributed by atoms with Crippen LogP contribution in [0.3, 0.4) is 0 Å². The Kier molecular flexibility index (Phi) is 4.77. The summed E-state index contributed by atoms with van der Waals surface area (Å²) in [6.45, 7) is 1.90. The van der Waals surface area contributed by atoms with E-state index in [9.17, 15) is 4.79 Å². The molecule has 0 fully saturated rings. The molecule has 0 bridgehead atoms. The Morgan fingerprint density at radius 2 is 1.94 bits per heavy atom. The Morgan fingerprint density at radius 1 is 1.25 bits per heavy atom. The van der Waals surface area contributed by atoms with Crippen LogP contribution in [0.25, 0.3) is 0 Å². The van der Waals surface area contributed by atoms with Crippen LogP contribution in [0.15, 0.2) is 18.2 Å². The van der Waals surface area contributed by atoms with Crippen molar-refractivity contribution in [2.45, 2.75) is 0 Å². The molecule has 0 amide bonds. The van der Waals surface area contributed by atoms with Gasteiger partial charge in [0.1, 0.15) is 0 Å². The summed E-state index contributed by atoms with van der Waals surface area (Å²) in [7, 11) is 6.09. The van der Waals surface area contributed by atoms with E-state index < -0.39 is 0 Å². The molecule has 0 unspecified atom stereocenters.